The van der Waals surface area contributed by atoms with Gasteiger partial charge in [0.15, 0.2) is 5.82 Å². The molecule has 1 aliphatic carbocycles. The second-order valence-corrected chi connectivity index (χ2v) is 12.2. The number of hydrogen-bond acceptors (Lipinski definition) is 8. The zero-order chi connectivity index (χ0) is 28.8. The van der Waals surface area contributed by atoms with Crippen LogP contribution in [-0.4, -0.2) is 82.6 Å². The van der Waals surface area contributed by atoms with Gasteiger partial charge >= 0.3 is 0 Å². The van der Waals surface area contributed by atoms with Gasteiger partial charge in [-0.2, -0.15) is 10.2 Å². The molecule has 2 aliphatic heterocycles. The van der Waals surface area contributed by atoms with Gasteiger partial charge in [-0.3, -0.25) is 9.88 Å². The number of pyridine rings is 1. The minimum absolute atomic E-state index is 0.0619. The number of benzene rings is 2. The van der Waals surface area contributed by atoms with Crippen LogP contribution in [0.3, 0.4) is 0 Å². The van der Waals surface area contributed by atoms with E-state index in [2.05, 4.69) is 31.1 Å². The molecule has 2 aromatic heterocycles. The second kappa shape index (κ2) is 11.3. The molecule has 1 saturated carbocycles. The van der Waals surface area contributed by atoms with Crippen LogP contribution in [0.25, 0.3) is 32.9 Å². The first-order valence-electron chi connectivity index (χ1n) is 14.9. The van der Waals surface area contributed by atoms with Crippen molar-refractivity contribution < 1.29 is 4.39 Å². The Hall–Kier alpha value is -3.58. The molecule has 10 heteroatoms. The highest BCUT2D eigenvalue weighted by molar-refractivity contribution is 6.36. The third kappa shape index (κ3) is 5.13. The Morgan fingerprint density at radius 2 is 1.83 bits per heavy atom. The summed E-state index contributed by atoms with van der Waals surface area (Å²) in [5, 5.41) is 15.8. The maximum Gasteiger partial charge on any atom is 0.225 e. The molecule has 4 aromatic rings. The van der Waals surface area contributed by atoms with Crippen LogP contribution in [0.15, 0.2) is 42.6 Å². The zero-order valence-electron chi connectivity index (χ0n) is 23.7. The number of piperidine rings is 1. The van der Waals surface area contributed by atoms with E-state index >= 15 is 4.39 Å². The van der Waals surface area contributed by atoms with Gasteiger partial charge in [-0.15, -0.1) is 0 Å². The highest BCUT2D eigenvalue weighted by Gasteiger charge is 2.33. The van der Waals surface area contributed by atoms with Crippen molar-refractivity contribution >= 4 is 45.0 Å². The molecule has 42 heavy (non-hydrogen) atoms. The Kier molecular flexibility index (Phi) is 7.30. The van der Waals surface area contributed by atoms with Gasteiger partial charge in [-0.25, -0.2) is 9.37 Å². The number of nitrogens with zero attached hydrogens (tertiary/aromatic N) is 7. The van der Waals surface area contributed by atoms with Crippen molar-refractivity contribution in [2.24, 2.45) is 0 Å². The first-order chi connectivity index (χ1) is 20.5. The fourth-order valence-corrected chi connectivity index (χ4v) is 6.81. The standard InChI is InChI=1S/C32H34ClFN8/c1-40-16-17-42(19-23(40)10-13-35)31-25-18-36-29(24-6-2-4-20-5-3-7-26(33)27(20)24)28(34)30(25)38-32(39-31)37-21-11-14-41(15-12-21)22-8-9-22/h2-7,18,21-23H,8-12,14-17,19H2,1H3,(H,37,38,39)/t23-/m0/s1. The number of halogens is 2. The fourth-order valence-electron chi connectivity index (χ4n) is 6.52. The van der Waals surface area contributed by atoms with Gasteiger partial charge < -0.3 is 15.1 Å². The summed E-state index contributed by atoms with van der Waals surface area (Å²) in [5.41, 5.74) is 1.09. The van der Waals surface area contributed by atoms with Crippen LogP contribution in [0.1, 0.15) is 32.1 Å². The predicted molar refractivity (Wildman–Crippen MR) is 165 cm³/mol. The van der Waals surface area contributed by atoms with E-state index in [9.17, 15) is 5.26 Å². The van der Waals surface area contributed by atoms with Crippen LogP contribution >= 0.6 is 11.6 Å². The van der Waals surface area contributed by atoms with Gasteiger partial charge in [0.1, 0.15) is 17.0 Å². The number of anilines is 2. The summed E-state index contributed by atoms with van der Waals surface area (Å²) in [6, 6.07) is 14.7. The number of fused-ring (bicyclic) bond motifs is 2. The maximum atomic E-state index is 16.6. The van der Waals surface area contributed by atoms with Crippen LogP contribution < -0.4 is 10.2 Å². The summed E-state index contributed by atoms with van der Waals surface area (Å²) in [4.78, 5) is 21.3. The van der Waals surface area contributed by atoms with Crippen molar-refractivity contribution in [1.82, 2.24) is 24.8 Å². The molecule has 0 bridgehead atoms. The Bertz CT molecular complexity index is 1670. The lowest BCUT2D eigenvalue weighted by atomic mass is 10.0. The first kappa shape index (κ1) is 27.3. The lowest BCUT2D eigenvalue weighted by molar-refractivity contribution is 0.209. The van der Waals surface area contributed by atoms with Gasteiger partial charge in [0.05, 0.1) is 17.9 Å². The molecule has 0 spiro atoms. The van der Waals surface area contributed by atoms with Crippen LogP contribution in [0.4, 0.5) is 16.2 Å². The topological polar surface area (TPSA) is 84.2 Å². The number of rotatable bonds is 6. The molecule has 3 aliphatic rings. The number of nitrogens with one attached hydrogen (secondary N) is 1. The highest BCUT2D eigenvalue weighted by atomic mass is 35.5. The Morgan fingerprint density at radius 3 is 2.60 bits per heavy atom. The number of nitriles is 1. The van der Waals surface area contributed by atoms with Crippen LogP contribution in [-0.2, 0) is 0 Å². The summed E-state index contributed by atoms with van der Waals surface area (Å²) in [5.74, 6) is 0.603. The largest absolute Gasteiger partial charge is 0.353 e. The lowest BCUT2D eigenvalue weighted by Gasteiger charge is -2.39. The Labute approximate surface area is 250 Å². The summed E-state index contributed by atoms with van der Waals surface area (Å²) in [6.07, 6.45) is 6.73. The summed E-state index contributed by atoms with van der Waals surface area (Å²) >= 11 is 6.61. The minimum Gasteiger partial charge on any atom is -0.353 e. The van der Waals surface area contributed by atoms with E-state index in [0.29, 0.717) is 47.2 Å². The smallest absolute Gasteiger partial charge is 0.225 e. The average molecular weight is 585 g/mol. The van der Waals surface area contributed by atoms with Crippen LogP contribution in [0, 0.1) is 17.1 Å². The first-order valence-corrected chi connectivity index (χ1v) is 15.2. The van der Waals surface area contributed by atoms with Crippen LogP contribution in [0.5, 0.6) is 0 Å². The highest BCUT2D eigenvalue weighted by Crippen LogP contribution is 2.38. The molecule has 7 rings (SSSR count). The number of hydrogen-bond donors (Lipinski definition) is 1. The van der Waals surface area contributed by atoms with E-state index in [-0.39, 0.29) is 23.3 Å². The third-order valence-corrected chi connectivity index (χ3v) is 9.42. The van der Waals surface area contributed by atoms with Crippen molar-refractivity contribution in [1.29, 1.82) is 5.26 Å². The second-order valence-electron chi connectivity index (χ2n) is 11.8. The number of likely N-dealkylation sites (N-methyl/N-ethyl adjacent to an activating group) is 1. The molecular weight excluding hydrogens is 551 g/mol. The molecule has 4 heterocycles. The molecule has 0 amide bonds. The molecule has 0 radical (unpaired) electrons. The zero-order valence-corrected chi connectivity index (χ0v) is 24.5. The molecule has 1 atom stereocenters. The van der Waals surface area contributed by atoms with Gasteiger partial charge in [0.25, 0.3) is 0 Å². The number of likely N-dealkylation sites (tertiary alicyclic amines) is 1. The lowest BCUT2D eigenvalue weighted by Crippen LogP contribution is -2.51. The molecule has 8 nitrogen and oxygen atoms in total. The minimum atomic E-state index is -0.488. The van der Waals surface area contributed by atoms with Crippen molar-refractivity contribution in [2.45, 2.75) is 50.2 Å². The quantitative estimate of drug-likeness (QED) is 0.308. The normalized spacial score (nSPS) is 20.7. The molecule has 216 valence electrons. The SMILES string of the molecule is CN1CCN(c2nc(NC3CCN(C4CC4)CC3)nc3c(F)c(-c4cccc5cccc(Cl)c45)ncc23)C[C@@H]1CC#N. The van der Waals surface area contributed by atoms with E-state index in [4.69, 9.17) is 21.6 Å². The van der Waals surface area contributed by atoms with Crippen molar-refractivity contribution in [3.05, 3.63) is 53.4 Å². The van der Waals surface area contributed by atoms with Crippen molar-refractivity contribution in [3.8, 4) is 17.3 Å². The van der Waals surface area contributed by atoms with Gasteiger partial charge in [-0.05, 0) is 44.2 Å². The summed E-state index contributed by atoms with van der Waals surface area (Å²) < 4.78 is 16.6. The van der Waals surface area contributed by atoms with Gasteiger partial charge in [0, 0.05) is 73.0 Å². The summed E-state index contributed by atoms with van der Waals surface area (Å²) in [7, 11) is 2.04. The predicted octanol–water partition coefficient (Wildman–Crippen LogP) is 5.71. The Morgan fingerprint density at radius 1 is 1.05 bits per heavy atom. The van der Waals surface area contributed by atoms with Gasteiger partial charge in [-0.1, -0.05) is 41.9 Å². The van der Waals surface area contributed by atoms with Gasteiger partial charge in [0.2, 0.25) is 5.95 Å². The third-order valence-electron chi connectivity index (χ3n) is 9.10. The summed E-state index contributed by atoms with van der Waals surface area (Å²) in [6.45, 7) is 4.23. The number of aromatic nitrogens is 3. The maximum absolute atomic E-state index is 16.6. The van der Waals surface area contributed by atoms with Crippen molar-refractivity contribution in [3.63, 3.8) is 0 Å². The van der Waals surface area contributed by atoms with E-state index in [1.165, 1.54) is 12.8 Å². The molecular formula is C32H34ClFN8. The Balaban J connectivity index is 1.31. The van der Waals surface area contributed by atoms with E-state index in [0.717, 1.165) is 49.3 Å². The van der Waals surface area contributed by atoms with Crippen LogP contribution in [0.2, 0.25) is 5.02 Å². The number of piperazine rings is 1. The van der Waals surface area contributed by atoms with E-state index < -0.39 is 5.82 Å². The molecule has 3 fully saturated rings. The molecule has 0 unspecified atom stereocenters. The monoisotopic (exact) mass is 584 g/mol. The van der Waals surface area contributed by atoms with E-state index in [1.807, 2.05) is 43.4 Å². The molecule has 1 N–H and O–H groups in total. The molecule has 2 saturated heterocycles. The van der Waals surface area contributed by atoms with E-state index in [1.54, 1.807) is 6.20 Å². The fraction of sp³-hybridized carbons (Fsp3) is 0.438. The van der Waals surface area contributed by atoms with Crippen molar-refractivity contribution in [2.75, 3.05) is 50.0 Å². The molecule has 2 aromatic carbocycles. The average Bonchev–Trinajstić information content (AvgIpc) is 3.85.